The summed E-state index contributed by atoms with van der Waals surface area (Å²) in [5, 5.41) is 3.19. The maximum Gasteiger partial charge on any atom is 0.238 e. The van der Waals surface area contributed by atoms with Gasteiger partial charge in [-0.1, -0.05) is 41.4 Å². The van der Waals surface area contributed by atoms with Gasteiger partial charge in [-0.25, -0.2) is 4.98 Å². The summed E-state index contributed by atoms with van der Waals surface area (Å²) in [5.41, 5.74) is 0. The molecule has 0 bridgehead atoms. The van der Waals surface area contributed by atoms with E-state index in [1.807, 2.05) is 37.3 Å². The third-order valence-corrected chi connectivity index (χ3v) is 4.08. The summed E-state index contributed by atoms with van der Waals surface area (Å²) in [6, 6.07) is 11.3. The molecular weight excluding hydrogens is 315 g/mol. The lowest BCUT2D eigenvalue weighted by atomic mass is 10.4. The highest BCUT2D eigenvalue weighted by Crippen LogP contribution is 2.26. The van der Waals surface area contributed by atoms with Crippen LogP contribution in [-0.2, 0) is 4.79 Å². The Morgan fingerprint density at radius 1 is 1.30 bits per heavy atom. The van der Waals surface area contributed by atoms with E-state index in [-0.39, 0.29) is 11.2 Å². The fourth-order valence-electron chi connectivity index (χ4n) is 1.48. The van der Waals surface area contributed by atoms with Crippen molar-refractivity contribution in [2.24, 2.45) is 0 Å². The van der Waals surface area contributed by atoms with E-state index in [1.165, 1.54) is 18.0 Å². The molecular formula is C14H12Cl2N2OS. The van der Waals surface area contributed by atoms with Crippen LogP contribution in [0.2, 0.25) is 10.0 Å². The van der Waals surface area contributed by atoms with E-state index >= 15 is 0 Å². The summed E-state index contributed by atoms with van der Waals surface area (Å²) >= 11 is 13.2. The first-order valence-electron chi connectivity index (χ1n) is 5.90. The van der Waals surface area contributed by atoms with Gasteiger partial charge in [0.2, 0.25) is 5.91 Å². The van der Waals surface area contributed by atoms with Crippen LogP contribution in [0.3, 0.4) is 0 Å². The van der Waals surface area contributed by atoms with Crippen LogP contribution in [0.5, 0.6) is 0 Å². The molecule has 1 N–H and O–H groups in total. The Morgan fingerprint density at radius 3 is 2.65 bits per heavy atom. The van der Waals surface area contributed by atoms with E-state index in [1.54, 1.807) is 6.07 Å². The second kappa shape index (κ2) is 6.97. The predicted molar refractivity (Wildman–Crippen MR) is 84.6 cm³/mol. The molecule has 0 spiro atoms. The van der Waals surface area contributed by atoms with Gasteiger partial charge in [-0.05, 0) is 25.1 Å². The maximum atomic E-state index is 12.1. The number of hydrogen-bond acceptors (Lipinski definition) is 3. The van der Waals surface area contributed by atoms with Gasteiger partial charge in [-0.2, -0.15) is 0 Å². The van der Waals surface area contributed by atoms with Crippen LogP contribution in [0.1, 0.15) is 6.92 Å². The fraction of sp³-hybridized carbons (Fsp3) is 0.143. The molecule has 104 valence electrons. The van der Waals surface area contributed by atoms with Gasteiger partial charge in [0.25, 0.3) is 0 Å². The van der Waals surface area contributed by atoms with Crippen molar-refractivity contribution in [1.82, 2.24) is 4.98 Å². The Morgan fingerprint density at radius 2 is 2.00 bits per heavy atom. The third-order valence-electron chi connectivity index (χ3n) is 2.47. The van der Waals surface area contributed by atoms with Crippen LogP contribution in [0.25, 0.3) is 0 Å². The van der Waals surface area contributed by atoms with Crippen molar-refractivity contribution in [3.05, 3.63) is 52.6 Å². The Kier molecular flexibility index (Phi) is 5.29. The highest BCUT2D eigenvalue weighted by molar-refractivity contribution is 8.00. The molecule has 0 fully saturated rings. The minimum Gasteiger partial charge on any atom is -0.308 e. The van der Waals surface area contributed by atoms with Crippen LogP contribution in [0.4, 0.5) is 5.82 Å². The standard InChI is InChI=1S/C14H12Cl2N2OS/c1-9(20-11-5-3-2-4-6-11)14(19)18-13-12(16)7-10(15)8-17-13/h2-9H,1H3,(H,17,18,19)/t9-/m1/s1. The largest absolute Gasteiger partial charge is 0.308 e. The molecule has 0 aliphatic carbocycles. The van der Waals surface area contributed by atoms with Crippen molar-refractivity contribution in [2.75, 3.05) is 5.32 Å². The molecule has 2 rings (SSSR count). The highest BCUT2D eigenvalue weighted by Gasteiger charge is 2.16. The monoisotopic (exact) mass is 326 g/mol. The zero-order chi connectivity index (χ0) is 14.5. The number of halogens is 2. The van der Waals surface area contributed by atoms with E-state index in [0.29, 0.717) is 15.9 Å². The topological polar surface area (TPSA) is 42.0 Å². The quantitative estimate of drug-likeness (QED) is 0.840. The molecule has 1 aromatic carbocycles. The molecule has 0 unspecified atom stereocenters. The van der Waals surface area contributed by atoms with Crippen molar-refractivity contribution in [1.29, 1.82) is 0 Å². The van der Waals surface area contributed by atoms with Crippen LogP contribution in [0, 0.1) is 0 Å². The molecule has 1 atom stereocenters. The van der Waals surface area contributed by atoms with Gasteiger partial charge in [0, 0.05) is 11.1 Å². The van der Waals surface area contributed by atoms with Crippen molar-refractivity contribution in [3.63, 3.8) is 0 Å². The summed E-state index contributed by atoms with van der Waals surface area (Å²) in [6.45, 7) is 1.83. The minimum atomic E-state index is -0.258. The van der Waals surface area contributed by atoms with Gasteiger partial charge in [-0.3, -0.25) is 4.79 Å². The number of nitrogens with one attached hydrogen (secondary N) is 1. The van der Waals surface area contributed by atoms with Gasteiger partial charge >= 0.3 is 0 Å². The Balaban J connectivity index is 2.01. The predicted octanol–water partition coefficient (Wildman–Crippen LogP) is 4.51. The van der Waals surface area contributed by atoms with E-state index in [9.17, 15) is 4.79 Å². The molecule has 20 heavy (non-hydrogen) atoms. The molecule has 6 heteroatoms. The molecule has 3 nitrogen and oxygen atoms in total. The zero-order valence-corrected chi connectivity index (χ0v) is 13.0. The van der Waals surface area contributed by atoms with Crippen molar-refractivity contribution < 1.29 is 4.79 Å². The molecule has 0 radical (unpaired) electrons. The smallest absolute Gasteiger partial charge is 0.238 e. The van der Waals surface area contributed by atoms with Gasteiger partial charge in [0.05, 0.1) is 15.3 Å². The number of carbonyl (C=O) groups is 1. The number of anilines is 1. The molecule has 0 aliphatic heterocycles. The molecule has 2 aromatic rings. The van der Waals surface area contributed by atoms with Gasteiger partial charge in [0.15, 0.2) is 5.82 Å². The van der Waals surface area contributed by atoms with E-state index < -0.39 is 0 Å². The lowest BCUT2D eigenvalue weighted by Crippen LogP contribution is -2.23. The first-order valence-corrected chi connectivity index (χ1v) is 7.53. The molecule has 0 saturated heterocycles. The lowest BCUT2D eigenvalue weighted by Gasteiger charge is -2.12. The fourth-order valence-corrected chi connectivity index (χ4v) is 2.80. The van der Waals surface area contributed by atoms with Gasteiger partial charge in [0.1, 0.15) is 0 Å². The summed E-state index contributed by atoms with van der Waals surface area (Å²) in [7, 11) is 0. The van der Waals surface area contributed by atoms with Crippen LogP contribution in [-0.4, -0.2) is 16.1 Å². The summed E-state index contributed by atoms with van der Waals surface area (Å²) in [5.74, 6) is 0.164. The van der Waals surface area contributed by atoms with Crippen LogP contribution >= 0.6 is 35.0 Å². The zero-order valence-electron chi connectivity index (χ0n) is 10.6. The van der Waals surface area contributed by atoms with Crippen molar-refractivity contribution >= 4 is 46.7 Å². The minimum absolute atomic E-state index is 0.157. The first-order chi connectivity index (χ1) is 9.56. The third kappa shape index (κ3) is 4.13. The lowest BCUT2D eigenvalue weighted by molar-refractivity contribution is -0.115. The van der Waals surface area contributed by atoms with Gasteiger partial charge < -0.3 is 5.32 Å². The van der Waals surface area contributed by atoms with E-state index in [4.69, 9.17) is 23.2 Å². The number of benzene rings is 1. The maximum absolute atomic E-state index is 12.1. The normalized spacial score (nSPS) is 11.9. The second-order valence-electron chi connectivity index (χ2n) is 4.05. The SMILES string of the molecule is C[C@@H](Sc1ccccc1)C(=O)Nc1ncc(Cl)cc1Cl. The number of thioether (sulfide) groups is 1. The molecule has 1 amide bonds. The van der Waals surface area contributed by atoms with Crippen molar-refractivity contribution in [2.45, 2.75) is 17.1 Å². The Bertz CT molecular complexity index is 607. The number of carbonyl (C=O) groups excluding carboxylic acids is 1. The number of nitrogens with zero attached hydrogens (tertiary/aromatic N) is 1. The summed E-state index contributed by atoms with van der Waals surface area (Å²) in [4.78, 5) is 17.1. The van der Waals surface area contributed by atoms with Crippen LogP contribution < -0.4 is 5.32 Å². The van der Waals surface area contributed by atoms with E-state index in [2.05, 4.69) is 10.3 Å². The van der Waals surface area contributed by atoms with Gasteiger partial charge in [-0.15, -0.1) is 11.8 Å². The van der Waals surface area contributed by atoms with E-state index in [0.717, 1.165) is 4.90 Å². The Hall–Kier alpha value is -1.23. The molecule has 1 heterocycles. The van der Waals surface area contributed by atoms with Crippen molar-refractivity contribution in [3.8, 4) is 0 Å². The Labute approximate surface area is 131 Å². The molecule has 0 aliphatic rings. The number of amides is 1. The molecule has 1 aromatic heterocycles. The summed E-state index contributed by atoms with van der Waals surface area (Å²) < 4.78 is 0. The number of aromatic nitrogens is 1. The highest BCUT2D eigenvalue weighted by atomic mass is 35.5. The summed E-state index contributed by atoms with van der Waals surface area (Å²) in [6.07, 6.45) is 1.44. The molecule has 0 saturated carbocycles. The second-order valence-corrected chi connectivity index (χ2v) is 6.30. The average molecular weight is 327 g/mol. The number of pyridine rings is 1. The first kappa shape index (κ1) is 15.2. The average Bonchev–Trinajstić information content (AvgIpc) is 2.43. The number of hydrogen-bond donors (Lipinski definition) is 1. The van der Waals surface area contributed by atoms with Crippen LogP contribution in [0.15, 0.2) is 47.5 Å². The number of rotatable bonds is 4.